The molecule has 0 spiro atoms. The van der Waals surface area contributed by atoms with Crippen LogP contribution in [0.5, 0.6) is 0 Å². The van der Waals surface area contributed by atoms with Crippen molar-refractivity contribution in [3.63, 3.8) is 0 Å². The van der Waals surface area contributed by atoms with Gasteiger partial charge in [0.1, 0.15) is 0 Å². The average Bonchev–Trinajstić information content (AvgIpc) is 3.05. The van der Waals surface area contributed by atoms with Gasteiger partial charge in [0.2, 0.25) is 5.91 Å². The highest BCUT2D eigenvalue weighted by molar-refractivity contribution is 8.13. The van der Waals surface area contributed by atoms with Gasteiger partial charge in [0.15, 0.2) is 10.3 Å². The topological polar surface area (TPSA) is 95.1 Å². The molecule has 2 aromatic rings. The lowest BCUT2D eigenvalue weighted by Crippen LogP contribution is -2.12. The third-order valence-corrected chi connectivity index (χ3v) is 5.64. The van der Waals surface area contributed by atoms with Crippen LogP contribution in [0, 0.1) is 10.1 Å². The fourth-order valence-corrected chi connectivity index (χ4v) is 4.02. The van der Waals surface area contributed by atoms with Crippen molar-refractivity contribution < 1.29 is 14.5 Å². The summed E-state index contributed by atoms with van der Waals surface area (Å²) in [5.74, 6) is -0.126. The Labute approximate surface area is 175 Å². The van der Waals surface area contributed by atoms with Gasteiger partial charge in [-0.15, -0.1) is 0 Å². The van der Waals surface area contributed by atoms with Gasteiger partial charge in [-0.2, -0.15) is 0 Å². The summed E-state index contributed by atoms with van der Waals surface area (Å²) >= 11 is 0.963. The SMILES string of the molecule is CCCCCCC(=O)Sc1nc2cc([N+](=O)[O-])ccc2n1C(=O)CCCCCC. The first-order valence-electron chi connectivity index (χ1n) is 10.4. The smallest absolute Gasteiger partial charge is 0.271 e. The Balaban J connectivity index is 2.24. The molecule has 0 unspecified atom stereocenters. The molecule has 1 aromatic carbocycles. The van der Waals surface area contributed by atoms with Crippen molar-refractivity contribution in [1.29, 1.82) is 0 Å². The molecule has 0 fully saturated rings. The molecule has 0 saturated heterocycles. The molecule has 8 heteroatoms. The van der Waals surface area contributed by atoms with E-state index in [-0.39, 0.29) is 16.7 Å². The van der Waals surface area contributed by atoms with Crippen molar-refractivity contribution >= 4 is 39.5 Å². The summed E-state index contributed by atoms with van der Waals surface area (Å²) in [4.78, 5) is 40.2. The van der Waals surface area contributed by atoms with E-state index >= 15 is 0 Å². The highest BCUT2D eigenvalue weighted by Crippen LogP contribution is 2.29. The predicted molar refractivity (Wildman–Crippen MR) is 115 cm³/mol. The number of benzene rings is 1. The van der Waals surface area contributed by atoms with Gasteiger partial charge in [-0.25, -0.2) is 4.98 Å². The molecular weight excluding hydrogens is 390 g/mol. The lowest BCUT2D eigenvalue weighted by Gasteiger charge is -2.07. The number of aromatic nitrogens is 2. The van der Waals surface area contributed by atoms with Gasteiger partial charge in [-0.05, 0) is 30.7 Å². The van der Waals surface area contributed by atoms with Crippen LogP contribution >= 0.6 is 11.8 Å². The molecule has 7 nitrogen and oxygen atoms in total. The number of nitrogens with zero attached hydrogens (tertiary/aromatic N) is 3. The summed E-state index contributed by atoms with van der Waals surface area (Å²) in [5.41, 5.74) is 0.791. The summed E-state index contributed by atoms with van der Waals surface area (Å²) in [7, 11) is 0. The van der Waals surface area contributed by atoms with Crippen LogP contribution < -0.4 is 0 Å². The second-order valence-electron chi connectivity index (χ2n) is 7.15. The molecule has 158 valence electrons. The van der Waals surface area contributed by atoms with Crippen molar-refractivity contribution in [2.75, 3.05) is 0 Å². The lowest BCUT2D eigenvalue weighted by atomic mass is 10.1. The van der Waals surface area contributed by atoms with Crippen LogP contribution in [0.3, 0.4) is 0 Å². The zero-order chi connectivity index (χ0) is 21.2. The number of imidazole rings is 1. The van der Waals surface area contributed by atoms with Crippen LogP contribution in [0.15, 0.2) is 23.4 Å². The molecule has 0 aliphatic heterocycles. The second kappa shape index (κ2) is 11.7. The molecule has 0 bridgehead atoms. The van der Waals surface area contributed by atoms with Gasteiger partial charge < -0.3 is 0 Å². The monoisotopic (exact) mass is 419 g/mol. The van der Waals surface area contributed by atoms with Crippen molar-refractivity contribution in [3.8, 4) is 0 Å². The van der Waals surface area contributed by atoms with Gasteiger partial charge >= 0.3 is 0 Å². The van der Waals surface area contributed by atoms with E-state index in [0.29, 0.717) is 29.0 Å². The van der Waals surface area contributed by atoms with Crippen LogP contribution in [-0.4, -0.2) is 25.5 Å². The number of fused-ring (bicyclic) bond motifs is 1. The van der Waals surface area contributed by atoms with E-state index in [1.807, 2.05) is 0 Å². The van der Waals surface area contributed by atoms with E-state index in [0.717, 1.165) is 63.1 Å². The first-order valence-corrected chi connectivity index (χ1v) is 11.2. The number of nitro groups is 1. The Morgan fingerprint density at radius 2 is 1.69 bits per heavy atom. The Hall–Kier alpha value is -2.22. The molecule has 0 radical (unpaired) electrons. The fraction of sp³-hybridized carbons (Fsp3) is 0.571. The summed E-state index contributed by atoms with van der Waals surface area (Å²) < 4.78 is 1.46. The van der Waals surface area contributed by atoms with Gasteiger partial charge in [0, 0.05) is 25.0 Å². The van der Waals surface area contributed by atoms with Crippen LogP contribution in [0.1, 0.15) is 82.9 Å². The van der Waals surface area contributed by atoms with E-state index in [2.05, 4.69) is 18.8 Å². The van der Waals surface area contributed by atoms with E-state index in [9.17, 15) is 19.7 Å². The number of hydrogen-bond donors (Lipinski definition) is 0. The molecule has 0 N–H and O–H groups in total. The minimum absolute atomic E-state index is 0.0362. The number of nitro benzene ring substituents is 1. The highest BCUT2D eigenvalue weighted by Gasteiger charge is 2.21. The Kier molecular flexibility index (Phi) is 9.31. The number of rotatable bonds is 12. The molecule has 0 atom stereocenters. The first kappa shape index (κ1) is 23.1. The number of carbonyl (C=O) groups excluding carboxylic acids is 2. The van der Waals surface area contributed by atoms with Crippen molar-refractivity contribution in [2.45, 2.75) is 83.2 Å². The van der Waals surface area contributed by atoms with Gasteiger partial charge in [0.05, 0.1) is 16.0 Å². The molecule has 29 heavy (non-hydrogen) atoms. The van der Waals surface area contributed by atoms with Crippen LogP contribution in [-0.2, 0) is 4.79 Å². The maximum Gasteiger partial charge on any atom is 0.271 e. The minimum Gasteiger partial charge on any atom is -0.287 e. The van der Waals surface area contributed by atoms with Crippen molar-refractivity contribution in [1.82, 2.24) is 9.55 Å². The summed E-state index contributed by atoms with van der Waals surface area (Å²) in [6.07, 6.45) is 8.70. The van der Waals surface area contributed by atoms with Gasteiger partial charge in [0.25, 0.3) is 5.69 Å². The van der Waals surface area contributed by atoms with E-state index < -0.39 is 4.92 Å². The number of non-ortho nitro benzene ring substituents is 1. The summed E-state index contributed by atoms with van der Waals surface area (Å²) in [5, 5.41) is 11.3. The fourth-order valence-electron chi connectivity index (χ4n) is 3.13. The van der Waals surface area contributed by atoms with Gasteiger partial charge in [-0.3, -0.25) is 24.3 Å². The molecule has 0 saturated carbocycles. The normalized spacial score (nSPS) is 11.1. The number of thioether (sulfide) groups is 1. The van der Waals surface area contributed by atoms with Crippen molar-refractivity contribution in [2.24, 2.45) is 0 Å². The maximum atomic E-state index is 12.9. The maximum absolute atomic E-state index is 12.9. The summed E-state index contributed by atoms with van der Waals surface area (Å²) in [6.45, 7) is 4.23. The molecule has 0 aliphatic rings. The van der Waals surface area contributed by atoms with Crippen LogP contribution in [0.25, 0.3) is 11.0 Å². The minimum atomic E-state index is -0.489. The molecular formula is C21H29N3O4S. The van der Waals surface area contributed by atoms with Crippen LogP contribution in [0.4, 0.5) is 5.69 Å². The number of carbonyl (C=O) groups is 2. The zero-order valence-corrected chi connectivity index (χ0v) is 18.0. The first-order chi connectivity index (χ1) is 14.0. The highest BCUT2D eigenvalue weighted by atomic mass is 32.2. The van der Waals surface area contributed by atoms with E-state index in [1.165, 1.54) is 16.7 Å². The Bertz CT molecular complexity index is 863. The zero-order valence-electron chi connectivity index (χ0n) is 17.2. The molecule has 1 heterocycles. The summed E-state index contributed by atoms with van der Waals surface area (Å²) in [6, 6.07) is 4.26. The standard InChI is InChI=1S/C21H29N3O4S/c1-3-5-7-9-11-19(25)23-18-14-13-16(24(27)28)15-17(18)22-21(23)29-20(26)12-10-8-6-4-2/h13-15H,3-12H2,1-2H3. The Morgan fingerprint density at radius 1 is 1.03 bits per heavy atom. The largest absolute Gasteiger partial charge is 0.287 e. The molecule has 0 aliphatic carbocycles. The number of hydrogen-bond acceptors (Lipinski definition) is 6. The predicted octanol–water partition coefficient (Wildman–Crippen LogP) is 6.14. The Morgan fingerprint density at radius 3 is 2.31 bits per heavy atom. The van der Waals surface area contributed by atoms with E-state index in [4.69, 9.17) is 0 Å². The lowest BCUT2D eigenvalue weighted by molar-refractivity contribution is -0.384. The molecule has 2 rings (SSSR count). The van der Waals surface area contributed by atoms with Crippen LogP contribution in [0.2, 0.25) is 0 Å². The second-order valence-corrected chi connectivity index (χ2v) is 8.17. The van der Waals surface area contributed by atoms with E-state index in [1.54, 1.807) is 6.07 Å². The molecule has 1 aromatic heterocycles. The molecule has 0 amide bonds. The quantitative estimate of drug-likeness (QED) is 0.177. The van der Waals surface area contributed by atoms with Crippen molar-refractivity contribution in [3.05, 3.63) is 28.3 Å². The number of unbranched alkanes of at least 4 members (excludes halogenated alkanes) is 6. The average molecular weight is 420 g/mol. The third kappa shape index (κ3) is 6.66. The third-order valence-electron chi connectivity index (χ3n) is 4.75. The van der Waals surface area contributed by atoms with Gasteiger partial charge in [-0.1, -0.05) is 52.4 Å².